The maximum Gasteiger partial charge on any atom is 0.326 e. The fourth-order valence-electron chi connectivity index (χ4n) is 6.70. The maximum absolute atomic E-state index is 12.5. The van der Waals surface area contributed by atoms with Crippen molar-refractivity contribution in [3.63, 3.8) is 0 Å². The summed E-state index contributed by atoms with van der Waals surface area (Å²) in [6.45, 7) is -0.418. The van der Waals surface area contributed by atoms with Crippen molar-refractivity contribution in [3.8, 4) is 33.9 Å². The molecule has 54 heavy (non-hydrogen) atoms. The third-order valence-electron chi connectivity index (χ3n) is 9.30. The molecule has 12 heteroatoms. The topological polar surface area (TPSA) is 163 Å². The van der Waals surface area contributed by atoms with E-state index in [4.69, 9.17) is 24.6 Å². The Balaban J connectivity index is 1.23. The van der Waals surface area contributed by atoms with E-state index in [9.17, 15) is 19.5 Å². The van der Waals surface area contributed by atoms with Gasteiger partial charge in [0.1, 0.15) is 23.4 Å². The van der Waals surface area contributed by atoms with E-state index in [1.807, 2.05) is 72.8 Å². The number of carboxylic acids is 2. The zero-order valence-corrected chi connectivity index (χ0v) is 31.3. The molecular formula is C42H35IN4O7. The number of allylic oxidation sites excluding steroid dienone is 1. The van der Waals surface area contributed by atoms with Gasteiger partial charge in [-0.15, -0.1) is 0 Å². The Bertz CT molecular complexity index is 2330. The molecule has 1 aliphatic carbocycles. The van der Waals surface area contributed by atoms with Crippen LogP contribution in [-0.4, -0.2) is 64.3 Å². The quantitative estimate of drug-likeness (QED) is 0.0886. The third kappa shape index (κ3) is 7.69. The van der Waals surface area contributed by atoms with Gasteiger partial charge in [-0.3, -0.25) is 9.59 Å². The molecule has 1 atom stereocenters. The van der Waals surface area contributed by atoms with E-state index >= 15 is 0 Å². The molecular weight excluding hydrogens is 799 g/mol. The summed E-state index contributed by atoms with van der Waals surface area (Å²) in [7, 11) is 1.64. The number of amidine groups is 1. The Morgan fingerprint density at radius 2 is 1.57 bits per heavy atom. The molecule has 1 aromatic heterocycles. The molecule has 4 N–H and O–H groups in total. The van der Waals surface area contributed by atoms with E-state index in [0.717, 1.165) is 71.7 Å². The Hall–Kier alpha value is -6.02. The predicted molar refractivity (Wildman–Crippen MR) is 215 cm³/mol. The predicted octanol–water partition coefficient (Wildman–Crippen LogP) is 7.65. The van der Waals surface area contributed by atoms with Crippen LogP contribution in [0.4, 0.5) is 5.82 Å². The van der Waals surface area contributed by atoms with Gasteiger partial charge in [-0.1, -0.05) is 60.7 Å². The van der Waals surface area contributed by atoms with Gasteiger partial charge in [-0.25, -0.2) is 14.8 Å². The van der Waals surface area contributed by atoms with Crippen molar-refractivity contribution in [1.29, 1.82) is 0 Å². The van der Waals surface area contributed by atoms with Crippen molar-refractivity contribution in [1.82, 2.24) is 10.3 Å². The third-order valence-corrected chi connectivity index (χ3v) is 10.3. The highest BCUT2D eigenvalue weighted by molar-refractivity contribution is 14.1. The molecule has 0 radical (unpaired) electrons. The SMILES string of the molecule is COc1ccc(C2=N/C(=N\c3[nH]c4c(c3-c3ccccc3)CCc3cc(OCC(=O)NC(CCC(=O)O)C(=O)O)ccc3-4)C(c3ccccc3)=C2I)cc1. The Morgan fingerprint density at radius 1 is 0.889 bits per heavy atom. The summed E-state index contributed by atoms with van der Waals surface area (Å²) >= 11 is 2.37. The maximum atomic E-state index is 12.5. The molecule has 2 aliphatic rings. The summed E-state index contributed by atoms with van der Waals surface area (Å²) in [6.07, 6.45) is 0.821. The highest BCUT2D eigenvalue weighted by Crippen LogP contribution is 2.46. The summed E-state index contributed by atoms with van der Waals surface area (Å²) < 4.78 is 12.1. The van der Waals surface area contributed by atoms with Crippen LogP contribution in [0.25, 0.3) is 28.0 Å². The number of fused-ring (bicyclic) bond motifs is 3. The van der Waals surface area contributed by atoms with Gasteiger partial charge in [0.25, 0.3) is 5.91 Å². The van der Waals surface area contributed by atoms with Crippen LogP contribution in [0.1, 0.15) is 35.1 Å². The normalized spacial score (nSPS) is 14.6. The van der Waals surface area contributed by atoms with Gasteiger partial charge in [-0.05, 0) is 107 Å². The molecule has 1 amide bonds. The largest absolute Gasteiger partial charge is 0.497 e. The van der Waals surface area contributed by atoms with E-state index < -0.39 is 30.5 Å². The number of methoxy groups -OCH3 is 1. The number of carboxylic acid groups (broad SMARTS) is 2. The second kappa shape index (κ2) is 15.9. The number of hydrogen-bond donors (Lipinski definition) is 4. The van der Waals surface area contributed by atoms with Gasteiger partial charge in [0.05, 0.1) is 22.1 Å². The molecule has 0 fully saturated rings. The minimum atomic E-state index is -1.32. The van der Waals surface area contributed by atoms with Gasteiger partial charge < -0.3 is 30.0 Å². The van der Waals surface area contributed by atoms with Crippen LogP contribution in [0.2, 0.25) is 0 Å². The summed E-state index contributed by atoms with van der Waals surface area (Å²) in [4.78, 5) is 49.0. The lowest BCUT2D eigenvalue weighted by molar-refractivity contribution is -0.143. The summed E-state index contributed by atoms with van der Waals surface area (Å²) in [6, 6.07) is 32.5. The zero-order valence-electron chi connectivity index (χ0n) is 29.1. The van der Waals surface area contributed by atoms with Crippen molar-refractivity contribution in [2.45, 2.75) is 31.7 Å². The van der Waals surface area contributed by atoms with Gasteiger partial charge in [-0.2, -0.15) is 0 Å². The van der Waals surface area contributed by atoms with Crippen LogP contribution >= 0.6 is 22.6 Å². The zero-order chi connectivity index (χ0) is 37.8. The van der Waals surface area contributed by atoms with Crippen molar-refractivity contribution >= 4 is 63.4 Å². The minimum Gasteiger partial charge on any atom is -0.497 e. The number of aliphatic imine (C=N–C) groups is 2. The molecule has 2 heterocycles. The number of halogens is 1. The number of nitrogens with zero attached hydrogens (tertiary/aromatic N) is 2. The van der Waals surface area contributed by atoms with Crippen molar-refractivity contribution in [2.75, 3.05) is 13.7 Å². The second-order valence-corrected chi connectivity index (χ2v) is 13.8. The molecule has 4 aromatic carbocycles. The molecule has 0 spiro atoms. The summed E-state index contributed by atoms with van der Waals surface area (Å²) in [5, 5.41) is 20.6. The number of aryl methyl sites for hydroxylation is 1. The van der Waals surface area contributed by atoms with Gasteiger partial charge in [0, 0.05) is 28.7 Å². The van der Waals surface area contributed by atoms with E-state index in [1.54, 1.807) is 13.2 Å². The Morgan fingerprint density at radius 3 is 2.24 bits per heavy atom. The number of carbonyl (C=O) groups is 3. The lowest BCUT2D eigenvalue weighted by Crippen LogP contribution is -2.43. The average Bonchev–Trinajstić information content (AvgIpc) is 3.72. The fraction of sp³-hybridized carbons (Fsp3) is 0.167. The van der Waals surface area contributed by atoms with E-state index in [1.165, 1.54) is 0 Å². The number of amides is 1. The number of nitrogens with one attached hydrogen (secondary N) is 2. The standard InChI is InChI=1S/C42H35IN4O7/c1-53-28-15-12-26(13-16-28)38-37(43)36(25-10-6-3-7-11-25)41(45-38)47-40-35(24-8-4-2-5-9-24)31-18-14-27-22-29(17-19-30(27)39(31)46-40)54-23-33(48)44-32(42(51)52)20-21-34(49)50/h2-13,15-17,19,22,32,46H,14,18,20-21,23H2,1H3,(H,44,48)(H,49,50)(H,51,52)/b47-41-. The second-order valence-electron chi connectivity index (χ2n) is 12.7. The molecule has 0 saturated heterocycles. The number of aromatic amines is 1. The number of hydrogen-bond acceptors (Lipinski definition) is 6. The van der Waals surface area contributed by atoms with Gasteiger partial charge in [0.2, 0.25) is 0 Å². The number of aliphatic carboxylic acids is 2. The van der Waals surface area contributed by atoms with E-state index in [2.05, 4.69) is 57.2 Å². The van der Waals surface area contributed by atoms with Crippen LogP contribution in [-0.2, 0) is 27.2 Å². The molecule has 5 aromatic rings. The minimum absolute atomic E-state index is 0.231. The lowest BCUT2D eigenvalue weighted by Gasteiger charge is -2.19. The van der Waals surface area contributed by atoms with Crippen LogP contribution < -0.4 is 14.8 Å². The number of H-pyrrole nitrogens is 1. The molecule has 11 nitrogen and oxygen atoms in total. The highest BCUT2D eigenvalue weighted by atomic mass is 127. The molecule has 7 rings (SSSR count). The van der Waals surface area contributed by atoms with Crippen molar-refractivity contribution < 1.29 is 34.1 Å². The molecule has 1 aliphatic heterocycles. The van der Waals surface area contributed by atoms with Crippen LogP contribution in [0, 0.1) is 0 Å². The van der Waals surface area contributed by atoms with Crippen LogP contribution in [0.15, 0.2) is 117 Å². The average molecular weight is 835 g/mol. The molecule has 0 bridgehead atoms. The number of benzene rings is 4. The summed E-state index contributed by atoms with van der Waals surface area (Å²) in [5.41, 5.74) is 9.86. The lowest BCUT2D eigenvalue weighted by atomic mass is 9.87. The first-order valence-corrected chi connectivity index (χ1v) is 18.4. The van der Waals surface area contributed by atoms with Crippen molar-refractivity contribution in [2.24, 2.45) is 9.98 Å². The first kappa shape index (κ1) is 36.3. The van der Waals surface area contributed by atoms with Gasteiger partial charge in [0.15, 0.2) is 12.4 Å². The monoisotopic (exact) mass is 834 g/mol. The van der Waals surface area contributed by atoms with E-state index in [-0.39, 0.29) is 12.8 Å². The smallest absolute Gasteiger partial charge is 0.326 e. The molecule has 1 unspecified atom stereocenters. The number of ether oxygens (including phenoxy) is 2. The number of aromatic nitrogens is 1. The highest BCUT2D eigenvalue weighted by Gasteiger charge is 2.30. The molecule has 0 saturated carbocycles. The fourth-order valence-corrected chi connectivity index (χ4v) is 7.68. The van der Waals surface area contributed by atoms with Crippen molar-refractivity contribution in [3.05, 3.63) is 129 Å². The first-order valence-electron chi connectivity index (χ1n) is 17.3. The van der Waals surface area contributed by atoms with E-state index in [0.29, 0.717) is 23.8 Å². The number of rotatable bonds is 13. The molecule has 272 valence electrons. The first-order chi connectivity index (χ1) is 26.2. The Labute approximate surface area is 324 Å². The van der Waals surface area contributed by atoms with Crippen LogP contribution in [0.3, 0.4) is 0 Å². The summed E-state index contributed by atoms with van der Waals surface area (Å²) in [5.74, 6) is -0.589. The number of carbonyl (C=O) groups excluding carboxylic acids is 1. The van der Waals surface area contributed by atoms with Crippen LogP contribution in [0.5, 0.6) is 11.5 Å². The van der Waals surface area contributed by atoms with Gasteiger partial charge >= 0.3 is 11.9 Å². The Kier molecular flexibility index (Phi) is 10.7.